The lowest BCUT2D eigenvalue weighted by Crippen LogP contribution is -2.36. The first kappa shape index (κ1) is 7.78. The average Bonchev–Trinajstić information content (AvgIpc) is 2.01. The van der Waals surface area contributed by atoms with Crippen LogP contribution in [0.3, 0.4) is 0 Å². The Bertz CT molecular complexity index is 176. The number of alkyl halides is 1. The van der Waals surface area contributed by atoms with Gasteiger partial charge >= 0.3 is 0 Å². The molecule has 0 aliphatic heterocycles. The lowest BCUT2D eigenvalue weighted by molar-refractivity contribution is -0.126. The van der Waals surface area contributed by atoms with Gasteiger partial charge in [0.1, 0.15) is 5.78 Å². The Morgan fingerprint density at radius 3 is 2.91 bits per heavy atom. The van der Waals surface area contributed by atoms with Crippen molar-refractivity contribution in [3.63, 3.8) is 0 Å². The molecule has 0 unspecified atom stereocenters. The topological polar surface area (TPSA) is 17.1 Å². The smallest absolute Gasteiger partial charge is 0.149 e. The molecule has 2 fully saturated rings. The molecule has 0 spiro atoms. The highest BCUT2D eigenvalue weighted by Gasteiger charge is 2.36. The molecular formula is C9H13BrO. The van der Waals surface area contributed by atoms with Crippen molar-refractivity contribution in [3.05, 3.63) is 0 Å². The van der Waals surface area contributed by atoms with Crippen molar-refractivity contribution in [1.29, 1.82) is 0 Å². The predicted octanol–water partition coefficient (Wildman–Crippen LogP) is 2.53. The first-order valence-electron chi connectivity index (χ1n) is 4.45. The van der Waals surface area contributed by atoms with E-state index in [0.29, 0.717) is 11.7 Å². The Morgan fingerprint density at radius 2 is 2.09 bits per heavy atom. The second-order valence-corrected chi connectivity index (χ2v) is 4.94. The molecule has 0 heterocycles. The molecule has 2 saturated carbocycles. The maximum absolute atomic E-state index is 11.5. The zero-order chi connectivity index (χ0) is 7.84. The standard InChI is InChI=1S/C9H13BrO/c10-8-5-6-2-1-3-7(4-6)9(8)11/h6-8H,1-5H2/t6-,7+,8+/m1/s1. The summed E-state index contributed by atoms with van der Waals surface area (Å²) in [6.07, 6.45) is 6.06. The third-order valence-corrected chi connectivity index (χ3v) is 3.86. The van der Waals surface area contributed by atoms with Gasteiger partial charge in [0.25, 0.3) is 0 Å². The van der Waals surface area contributed by atoms with E-state index < -0.39 is 0 Å². The zero-order valence-corrected chi connectivity index (χ0v) is 8.14. The van der Waals surface area contributed by atoms with Gasteiger partial charge in [-0.2, -0.15) is 0 Å². The van der Waals surface area contributed by atoms with Gasteiger partial charge in [0.2, 0.25) is 0 Å². The van der Waals surface area contributed by atoms with Gasteiger partial charge in [0.15, 0.2) is 0 Å². The van der Waals surface area contributed by atoms with Crippen LogP contribution in [0.15, 0.2) is 0 Å². The third kappa shape index (κ3) is 1.37. The molecule has 2 heteroatoms. The molecule has 2 aliphatic rings. The van der Waals surface area contributed by atoms with Gasteiger partial charge in [-0.1, -0.05) is 28.8 Å². The van der Waals surface area contributed by atoms with Crippen molar-refractivity contribution in [2.45, 2.75) is 36.9 Å². The number of rotatable bonds is 0. The number of fused-ring (bicyclic) bond motifs is 2. The Balaban J connectivity index is 2.11. The van der Waals surface area contributed by atoms with E-state index in [1.165, 1.54) is 19.3 Å². The van der Waals surface area contributed by atoms with Crippen molar-refractivity contribution in [2.24, 2.45) is 11.8 Å². The van der Waals surface area contributed by atoms with E-state index in [9.17, 15) is 4.79 Å². The van der Waals surface area contributed by atoms with Crippen LogP contribution in [0.5, 0.6) is 0 Å². The Morgan fingerprint density at radius 1 is 1.27 bits per heavy atom. The molecule has 11 heavy (non-hydrogen) atoms. The highest BCUT2D eigenvalue weighted by molar-refractivity contribution is 9.10. The van der Waals surface area contributed by atoms with Crippen molar-refractivity contribution in [3.8, 4) is 0 Å². The second-order valence-electron chi connectivity index (χ2n) is 3.84. The van der Waals surface area contributed by atoms with Crippen LogP contribution in [-0.4, -0.2) is 10.6 Å². The van der Waals surface area contributed by atoms with Crippen LogP contribution in [0.4, 0.5) is 0 Å². The third-order valence-electron chi connectivity index (χ3n) is 3.03. The molecule has 62 valence electrons. The van der Waals surface area contributed by atoms with Crippen LogP contribution < -0.4 is 0 Å². The van der Waals surface area contributed by atoms with Crippen molar-refractivity contribution < 1.29 is 4.79 Å². The van der Waals surface area contributed by atoms with Gasteiger partial charge in [-0.25, -0.2) is 0 Å². The Hall–Kier alpha value is 0.150. The van der Waals surface area contributed by atoms with E-state index >= 15 is 0 Å². The van der Waals surface area contributed by atoms with E-state index in [1.807, 2.05) is 0 Å². The van der Waals surface area contributed by atoms with Crippen LogP contribution >= 0.6 is 15.9 Å². The summed E-state index contributed by atoms with van der Waals surface area (Å²) in [5.41, 5.74) is 0. The normalized spacial score (nSPS) is 44.1. The summed E-state index contributed by atoms with van der Waals surface area (Å²) in [6.45, 7) is 0. The molecule has 3 atom stereocenters. The number of Topliss-reactive ketones (excluding diaryl/α,β-unsaturated/α-hetero) is 1. The molecule has 0 saturated heterocycles. The summed E-state index contributed by atoms with van der Waals surface area (Å²) in [5.74, 6) is 1.73. The van der Waals surface area contributed by atoms with Crippen LogP contribution in [0.1, 0.15) is 32.1 Å². The van der Waals surface area contributed by atoms with E-state index in [4.69, 9.17) is 0 Å². The fraction of sp³-hybridized carbons (Fsp3) is 0.889. The van der Waals surface area contributed by atoms with E-state index in [2.05, 4.69) is 15.9 Å². The maximum atomic E-state index is 11.5. The summed E-state index contributed by atoms with van der Waals surface area (Å²) in [7, 11) is 0. The van der Waals surface area contributed by atoms with Crippen LogP contribution in [0, 0.1) is 11.8 Å². The first-order chi connectivity index (χ1) is 5.27. The molecule has 0 radical (unpaired) electrons. The molecule has 2 rings (SSSR count). The number of hydrogen-bond donors (Lipinski definition) is 0. The number of carbonyl (C=O) groups is 1. The van der Waals surface area contributed by atoms with Crippen LogP contribution in [0.2, 0.25) is 0 Å². The lowest BCUT2D eigenvalue weighted by Gasteiger charge is -2.35. The minimum atomic E-state index is 0.187. The molecule has 2 bridgehead atoms. The van der Waals surface area contributed by atoms with Gasteiger partial charge in [-0.15, -0.1) is 0 Å². The fourth-order valence-corrected chi connectivity index (χ4v) is 3.33. The van der Waals surface area contributed by atoms with Gasteiger partial charge in [-0.05, 0) is 25.2 Å². The number of halogens is 1. The summed E-state index contributed by atoms with van der Waals surface area (Å²) in [5, 5.41) is 0. The highest BCUT2D eigenvalue weighted by atomic mass is 79.9. The zero-order valence-electron chi connectivity index (χ0n) is 6.55. The number of ketones is 1. The van der Waals surface area contributed by atoms with Gasteiger partial charge in [0, 0.05) is 5.92 Å². The molecule has 0 aromatic rings. The van der Waals surface area contributed by atoms with Crippen molar-refractivity contribution >= 4 is 21.7 Å². The number of hydrogen-bond acceptors (Lipinski definition) is 1. The summed E-state index contributed by atoms with van der Waals surface area (Å²) >= 11 is 3.46. The largest absolute Gasteiger partial charge is 0.298 e. The quantitative estimate of drug-likeness (QED) is 0.570. The van der Waals surface area contributed by atoms with Gasteiger partial charge in [-0.3, -0.25) is 4.79 Å². The number of carbonyl (C=O) groups excluding carboxylic acids is 1. The van der Waals surface area contributed by atoms with E-state index in [0.717, 1.165) is 18.8 Å². The SMILES string of the molecule is O=C1[C@H]2CCC[C@H](C2)C[C@@H]1Br. The molecule has 0 aromatic carbocycles. The van der Waals surface area contributed by atoms with Crippen molar-refractivity contribution in [2.75, 3.05) is 0 Å². The highest BCUT2D eigenvalue weighted by Crippen LogP contribution is 2.39. The second kappa shape index (κ2) is 2.89. The minimum absolute atomic E-state index is 0.187. The lowest BCUT2D eigenvalue weighted by atomic mass is 9.72. The molecule has 0 amide bonds. The summed E-state index contributed by atoms with van der Waals surface area (Å²) < 4.78 is 0. The Labute approximate surface area is 75.7 Å². The first-order valence-corrected chi connectivity index (χ1v) is 5.36. The molecule has 2 aliphatic carbocycles. The van der Waals surface area contributed by atoms with Gasteiger partial charge in [0.05, 0.1) is 4.83 Å². The van der Waals surface area contributed by atoms with Crippen LogP contribution in [0.25, 0.3) is 0 Å². The average molecular weight is 217 g/mol. The Kier molecular flexibility index (Phi) is 2.04. The molecule has 1 nitrogen and oxygen atoms in total. The maximum Gasteiger partial charge on any atom is 0.149 e. The minimum Gasteiger partial charge on any atom is -0.298 e. The van der Waals surface area contributed by atoms with Crippen molar-refractivity contribution in [1.82, 2.24) is 0 Å². The monoisotopic (exact) mass is 216 g/mol. The van der Waals surface area contributed by atoms with Crippen LogP contribution in [-0.2, 0) is 4.79 Å². The molecule has 0 N–H and O–H groups in total. The summed E-state index contributed by atoms with van der Waals surface area (Å²) in [4.78, 5) is 11.7. The molecule has 0 aromatic heterocycles. The van der Waals surface area contributed by atoms with E-state index in [1.54, 1.807) is 0 Å². The summed E-state index contributed by atoms with van der Waals surface area (Å²) in [6, 6.07) is 0. The van der Waals surface area contributed by atoms with Gasteiger partial charge < -0.3 is 0 Å². The molecular weight excluding hydrogens is 204 g/mol. The van der Waals surface area contributed by atoms with E-state index in [-0.39, 0.29) is 4.83 Å². The predicted molar refractivity (Wildman–Crippen MR) is 47.8 cm³/mol. The fourth-order valence-electron chi connectivity index (χ4n) is 2.43.